The van der Waals surface area contributed by atoms with Crippen LogP contribution in [-0.2, 0) is 32.7 Å². The van der Waals surface area contributed by atoms with E-state index in [0.29, 0.717) is 22.3 Å². The van der Waals surface area contributed by atoms with Crippen molar-refractivity contribution < 1.29 is 51.9 Å². The summed E-state index contributed by atoms with van der Waals surface area (Å²) in [4.78, 5) is 45.5. The first-order chi connectivity index (χ1) is 18.4. The van der Waals surface area contributed by atoms with Gasteiger partial charge in [-0.2, -0.15) is 0 Å². The third-order valence-corrected chi connectivity index (χ3v) is 3.59. The average Bonchev–Trinajstić information content (AvgIpc) is 3.43. The Balaban J connectivity index is -0.0000000482. The van der Waals surface area contributed by atoms with Gasteiger partial charge in [-0.25, -0.2) is 0 Å². The van der Waals surface area contributed by atoms with Crippen LogP contribution in [0, 0.1) is 7.43 Å². The molecule has 0 saturated carbocycles. The van der Waals surface area contributed by atoms with Gasteiger partial charge < -0.3 is 22.3 Å². The fourth-order valence-electron chi connectivity index (χ4n) is 2.38. The molecule has 0 aromatic heterocycles. The van der Waals surface area contributed by atoms with Crippen LogP contribution in [0.4, 0.5) is 0 Å². The van der Waals surface area contributed by atoms with Crippen LogP contribution in [0.2, 0.25) is 0 Å². The summed E-state index contributed by atoms with van der Waals surface area (Å²) < 4.78 is 0. The summed E-state index contributed by atoms with van der Waals surface area (Å²) in [6.07, 6.45) is 1.25. The van der Waals surface area contributed by atoms with Crippen molar-refractivity contribution in [1.29, 1.82) is 0 Å². The summed E-state index contributed by atoms with van der Waals surface area (Å²) in [5.41, 5.74) is 1.84. The largest absolute Gasteiger partial charge is 0.587 e. The van der Waals surface area contributed by atoms with E-state index in [1.54, 1.807) is 48.5 Å². The molecule has 7 heteroatoms. The van der Waals surface area contributed by atoms with Crippen LogP contribution >= 0.6 is 0 Å². The fraction of sp³-hybridized carbons (Fsp3) is 0.514. The van der Waals surface area contributed by atoms with Crippen molar-refractivity contribution in [2.75, 3.05) is 7.05 Å². The molecule has 0 atom stereocenters. The van der Waals surface area contributed by atoms with E-state index in [0.717, 1.165) is 4.90 Å². The van der Waals surface area contributed by atoms with Crippen LogP contribution in [0.25, 0.3) is 5.32 Å². The van der Waals surface area contributed by atoms with Crippen LogP contribution in [0.15, 0.2) is 48.5 Å². The third-order valence-electron chi connectivity index (χ3n) is 3.59. The molecular weight excluding hydrogens is 601 g/mol. The van der Waals surface area contributed by atoms with Crippen LogP contribution < -0.4 is 0 Å². The minimum atomic E-state index is -0.425. The number of nitrogens with zero attached hydrogens (tertiary/aromatic N) is 2. The Hall–Kier alpha value is -2.18. The molecule has 2 aromatic rings. The number of imide groups is 2. The van der Waals surface area contributed by atoms with Crippen molar-refractivity contribution in [1.82, 2.24) is 4.90 Å². The summed E-state index contributed by atoms with van der Waals surface area (Å²) in [5.74, 6) is -1.28. The van der Waals surface area contributed by atoms with Crippen LogP contribution in [-0.4, -0.2) is 35.6 Å². The molecule has 1 radical (unpaired) electrons. The van der Waals surface area contributed by atoms with Gasteiger partial charge in [0.05, 0.1) is 22.9 Å². The first kappa shape index (κ1) is 63.2. The van der Waals surface area contributed by atoms with Gasteiger partial charge >= 0.3 is 0 Å². The molecule has 42 heavy (non-hydrogen) atoms. The van der Waals surface area contributed by atoms with Gasteiger partial charge in [-0.1, -0.05) is 155 Å². The standard InChI is InChI=1S/C9H7NO2.C8H5NO2.C3H8.6C2H6.2CH4.CH3.Y/c1-10-8(11)6-4-2-3-5-7(6)9(10)12;10-7-5-3-1-2-4-6(5)8(11)9-7;1-3-2;6*1-2;;;;/h2-5H,1H3;1-4H,(H,9,10,11);3H2,1-2H3;6*1-2H3;2*1H4;1H3;/q;;;;;;;;;;;-1;/p-1. The van der Waals surface area contributed by atoms with Gasteiger partial charge in [0, 0.05) is 50.9 Å². The molecule has 6 nitrogen and oxygen atoms in total. The van der Waals surface area contributed by atoms with Gasteiger partial charge in [-0.15, -0.1) is 0 Å². The Bertz CT molecular complexity index is 817. The van der Waals surface area contributed by atoms with E-state index in [1.165, 1.54) is 13.5 Å². The molecule has 2 aromatic carbocycles. The predicted octanol–water partition coefficient (Wildman–Crippen LogP) is 11.6. The smallest absolute Gasteiger partial charge is 0.261 e. The normalized spacial score (nSPS) is 9.45. The summed E-state index contributed by atoms with van der Waals surface area (Å²) in [6.45, 7) is 28.2. The van der Waals surface area contributed by atoms with Gasteiger partial charge in [-0.3, -0.25) is 14.5 Å². The maximum atomic E-state index is 11.3. The third kappa shape index (κ3) is 22.4. The fourth-order valence-corrected chi connectivity index (χ4v) is 2.38. The molecule has 0 aliphatic carbocycles. The number of hydrogen-bond donors (Lipinski definition) is 0. The van der Waals surface area contributed by atoms with E-state index < -0.39 is 11.8 Å². The number of carbonyl (C=O) groups excluding carboxylic acids is 4. The molecule has 2 heterocycles. The van der Waals surface area contributed by atoms with E-state index in [9.17, 15) is 19.2 Å². The van der Waals surface area contributed by atoms with Gasteiger partial charge in [0.1, 0.15) is 0 Å². The molecule has 0 saturated heterocycles. The number of benzene rings is 2. The molecule has 4 amide bonds. The van der Waals surface area contributed by atoms with Crippen molar-refractivity contribution in [2.45, 2.75) is 118 Å². The molecule has 245 valence electrons. The first-order valence-electron chi connectivity index (χ1n) is 14.2. The van der Waals surface area contributed by atoms with E-state index >= 15 is 0 Å². The molecule has 0 N–H and O–H groups in total. The van der Waals surface area contributed by atoms with Gasteiger partial charge in [0.2, 0.25) is 0 Å². The topological polar surface area (TPSA) is 85.6 Å². The molecule has 4 rings (SSSR count). The molecule has 2 aliphatic rings. The number of amides is 4. The van der Waals surface area contributed by atoms with E-state index in [-0.39, 0.29) is 66.8 Å². The van der Waals surface area contributed by atoms with E-state index in [4.69, 9.17) is 0 Å². The second-order valence-electron chi connectivity index (χ2n) is 5.69. The second kappa shape index (κ2) is 45.8. The summed E-state index contributed by atoms with van der Waals surface area (Å²) in [7, 11) is 1.49. The van der Waals surface area contributed by atoms with Gasteiger partial charge in [0.25, 0.3) is 11.8 Å². The zero-order valence-electron chi connectivity index (χ0n) is 28.4. The zero-order valence-corrected chi connectivity index (χ0v) is 31.3. The zero-order chi connectivity index (χ0) is 31.3. The van der Waals surface area contributed by atoms with Crippen molar-refractivity contribution in [3.63, 3.8) is 0 Å². The monoisotopic (exact) mass is 667 g/mol. The Morgan fingerprint density at radius 2 is 0.714 bits per heavy atom. The SMILES string of the molecule is C.C.CC.CC.CC.CC.CC.CC.CCC.CN1C(=O)c2ccccc2C1=O.O=C1[N-]C(=O)c2ccccc21.[CH3-].[Y]. The average molecular weight is 668 g/mol. The van der Waals surface area contributed by atoms with Crippen LogP contribution in [0.5, 0.6) is 0 Å². The molecule has 0 spiro atoms. The van der Waals surface area contributed by atoms with E-state index in [2.05, 4.69) is 19.2 Å². The Kier molecular flexibility index (Phi) is 68.9. The Morgan fingerprint density at radius 1 is 0.524 bits per heavy atom. The van der Waals surface area contributed by atoms with Crippen molar-refractivity contribution in [3.8, 4) is 0 Å². The molecule has 0 fully saturated rings. The molecule has 0 bridgehead atoms. The Morgan fingerprint density at radius 3 is 0.929 bits per heavy atom. The quantitative estimate of drug-likeness (QED) is 0.207. The van der Waals surface area contributed by atoms with Gasteiger partial charge in [-0.05, 0) is 12.1 Å². The van der Waals surface area contributed by atoms with Gasteiger partial charge in [0.15, 0.2) is 0 Å². The first-order valence-corrected chi connectivity index (χ1v) is 14.2. The maximum Gasteiger partial charge on any atom is 0.261 e. The summed E-state index contributed by atoms with van der Waals surface area (Å²) in [5, 5.41) is 3.28. The van der Waals surface area contributed by atoms with Crippen molar-refractivity contribution in [2.24, 2.45) is 0 Å². The summed E-state index contributed by atoms with van der Waals surface area (Å²) >= 11 is 0. The van der Waals surface area contributed by atoms with Crippen molar-refractivity contribution in [3.05, 3.63) is 83.5 Å². The molecule has 0 unspecified atom stereocenters. The molecule has 2 aliphatic heterocycles. The minimum Gasteiger partial charge on any atom is -0.587 e. The number of hydrogen-bond acceptors (Lipinski definition) is 4. The van der Waals surface area contributed by atoms with E-state index in [1.807, 2.05) is 83.1 Å². The number of fused-ring (bicyclic) bond motifs is 2. The second-order valence-corrected chi connectivity index (χ2v) is 5.69. The van der Waals surface area contributed by atoms with Crippen LogP contribution in [0.1, 0.15) is 160 Å². The number of rotatable bonds is 0. The predicted molar refractivity (Wildman–Crippen MR) is 185 cm³/mol. The Labute approximate surface area is 287 Å². The maximum absolute atomic E-state index is 11.3. The molecular formula is C35H66N2O4Y-2. The summed E-state index contributed by atoms with van der Waals surface area (Å²) in [6, 6.07) is 13.5. The minimum absolute atomic E-state index is 0. The van der Waals surface area contributed by atoms with Crippen molar-refractivity contribution >= 4 is 23.6 Å². The van der Waals surface area contributed by atoms with Crippen LogP contribution in [0.3, 0.4) is 0 Å². The number of carbonyl (C=O) groups is 4.